The van der Waals surface area contributed by atoms with Crippen LogP contribution in [-0.2, 0) is 30.3 Å². The lowest BCUT2D eigenvalue weighted by Crippen LogP contribution is -2.70. The lowest BCUT2D eigenvalue weighted by Gasteiger charge is -2.50. The van der Waals surface area contributed by atoms with Crippen LogP contribution >= 0.6 is 34.9 Å². The number of esters is 1. The van der Waals surface area contributed by atoms with Crippen molar-refractivity contribution in [3.8, 4) is 0 Å². The molecule has 39 heavy (non-hydrogen) atoms. The molecule has 1 saturated heterocycles. The van der Waals surface area contributed by atoms with Crippen molar-refractivity contribution in [1.82, 2.24) is 30.8 Å². The number of fused-ring (bicyclic) bond motifs is 1. The van der Waals surface area contributed by atoms with Crippen LogP contribution in [0.2, 0.25) is 0 Å². The highest BCUT2D eigenvalue weighted by atomic mass is 32.2. The summed E-state index contributed by atoms with van der Waals surface area (Å²) in [4.78, 5) is 63.5. The first-order valence-electron chi connectivity index (χ1n) is 11.5. The van der Waals surface area contributed by atoms with E-state index in [9.17, 15) is 34.2 Å². The summed E-state index contributed by atoms with van der Waals surface area (Å²) in [5.74, 6) is -4.14. The molecule has 2 aromatic rings. The molecule has 0 bridgehead atoms. The van der Waals surface area contributed by atoms with E-state index in [0.717, 1.165) is 28.0 Å². The van der Waals surface area contributed by atoms with Gasteiger partial charge in [0.05, 0.1) is 12.8 Å². The van der Waals surface area contributed by atoms with Crippen LogP contribution in [0.1, 0.15) is 42.4 Å². The number of amides is 2. The van der Waals surface area contributed by atoms with Crippen molar-refractivity contribution in [2.75, 3.05) is 5.75 Å². The Morgan fingerprint density at radius 3 is 2.67 bits per heavy atom. The van der Waals surface area contributed by atoms with E-state index < -0.39 is 58.4 Å². The van der Waals surface area contributed by atoms with Crippen LogP contribution < -0.4 is 5.32 Å². The molecule has 2 aliphatic heterocycles. The molecule has 208 valence electrons. The molecule has 0 saturated carbocycles. The molecule has 14 nitrogen and oxygen atoms in total. The van der Waals surface area contributed by atoms with Crippen molar-refractivity contribution in [3.63, 3.8) is 0 Å². The fraction of sp³-hybridized carbons (Fsp3) is 0.455. The lowest BCUT2D eigenvalue weighted by atomic mass is 10.00. The van der Waals surface area contributed by atoms with Crippen molar-refractivity contribution < 1.29 is 38.9 Å². The average Bonchev–Trinajstić information content (AvgIpc) is 3.52. The minimum absolute atomic E-state index is 0.110. The zero-order chi connectivity index (χ0) is 28.5. The number of nitrogens with one attached hydrogen (secondary N) is 2. The molecule has 4 heterocycles. The van der Waals surface area contributed by atoms with Crippen molar-refractivity contribution in [3.05, 3.63) is 33.2 Å². The molecule has 4 N–H and O–H groups in total. The summed E-state index contributed by atoms with van der Waals surface area (Å²) in [6, 6.07) is 0.653. The summed E-state index contributed by atoms with van der Waals surface area (Å²) in [6.45, 7) is 5.21. The number of carbonyl (C=O) groups excluding carboxylic acids is 3. The van der Waals surface area contributed by atoms with Crippen LogP contribution in [0.4, 0.5) is 0 Å². The number of nitrogens with zero attached hydrogens (tertiary/aromatic N) is 4. The third kappa shape index (κ3) is 6.42. The zero-order valence-electron chi connectivity index (χ0n) is 20.9. The Morgan fingerprint density at radius 2 is 2.05 bits per heavy atom. The molecule has 2 amide bonds. The Morgan fingerprint density at radius 1 is 1.31 bits per heavy atom. The number of aromatic nitrogens is 4. The number of tetrazole rings is 1. The van der Waals surface area contributed by atoms with E-state index in [1.165, 1.54) is 11.8 Å². The van der Waals surface area contributed by atoms with Crippen LogP contribution in [0.25, 0.3) is 0 Å². The first-order chi connectivity index (χ1) is 18.4. The van der Waals surface area contributed by atoms with Gasteiger partial charge in [-0.3, -0.25) is 19.3 Å². The average molecular weight is 597 g/mol. The molecule has 4 rings (SSSR count). The fourth-order valence-corrected chi connectivity index (χ4v) is 7.32. The van der Waals surface area contributed by atoms with Gasteiger partial charge in [0.25, 0.3) is 5.91 Å². The normalized spacial score (nSPS) is 19.7. The lowest BCUT2D eigenvalue weighted by molar-refractivity contribution is -0.150. The maximum absolute atomic E-state index is 13.1. The van der Waals surface area contributed by atoms with Crippen LogP contribution in [0.3, 0.4) is 0 Å². The van der Waals surface area contributed by atoms with E-state index in [1.807, 2.05) is 0 Å². The molecule has 3 atom stereocenters. The maximum atomic E-state index is 13.1. The van der Waals surface area contributed by atoms with Gasteiger partial charge in [-0.15, -0.1) is 33.3 Å². The number of rotatable bonds is 10. The summed E-state index contributed by atoms with van der Waals surface area (Å²) in [6.07, 6.45) is -0.604. The minimum atomic E-state index is -1.39. The second kappa shape index (κ2) is 11.4. The molecule has 0 aromatic carbocycles. The number of carboxylic acid groups (broad SMARTS) is 2. The first-order valence-corrected chi connectivity index (χ1v) is 14.3. The Kier molecular flexibility index (Phi) is 8.31. The van der Waals surface area contributed by atoms with Gasteiger partial charge in [-0.25, -0.2) is 9.59 Å². The van der Waals surface area contributed by atoms with Gasteiger partial charge in [-0.2, -0.15) is 5.21 Å². The molecular formula is C22H24N6O8S3. The molecule has 2 unspecified atom stereocenters. The molecule has 17 heteroatoms. The van der Waals surface area contributed by atoms with Gasteiger partial charge in [0.2, 0.25) is 11.1 Å². The van der Waals surface area contributed by atoms with Crippen LogP contribution in [0.15, 0.2) is 27.9 Å². The predicted octanol–water partition coefficient (Wildman–Crippen LogP) is 1.13. The Hall–Kier alpha value is -3.44. The number of carbonyl (C=O) groups is 5. The van der Waals surface area contributed by atoms with E-state index in [2.05, 4.69) is 25.9 Å². The van der Waals surface area contributed by atoms with Gasteiger partial charge >= 0.3 is 17.9 Å². The van der Waals surface area contributed by atoms with Gasteiger partial charge < -0.3 is 20.3 Å². The van der Waals surface area contributed by atoms with Crippen LogP contribution in [0.5, 0.6) is 0 Å². The third-order valence-corrected chi connectivity index (χ3v) is 8.88. The first kappa shape index (κ1) is 28.6. The molecule has 0 radical (unpaired) electrons. The monoisotopic (exact) mass is 596 g/mol. The number of aliphatic carboxylic acids is 2. The highest BCUT2D eigenvalue weighted by Crippen LogP contribution is 2.44. The maximum Gasteiger partial charge on any atom is 0.352 e. The molecule has 2 aliphatic rings. The van der Waals surface area contributed by atoms with E-state index in [0.29, 0.717) is 5.56 Å². The van der Waals surface area contributed by atoms with E-state index in [-0.39, 0.29) is 33.5 Å². The second-order valence-electron chi connectivity index (χ2n) is 9.49. The summed E-state index contributed by atoms with van der Waals surface area (Å²) in [7, 11) is 0. The quantitative estimate of drug-likeness (QED) is 0.173. The highest BCUT2D eigenvalue weighted by Gasteiger charge is 2.55. The van der Waals surface area contributed by atoms with E-state index >= 15 is 0 Å². The number of ether oxygens (including phenoxy) is 1. The second-order valence-corrected chi connectivity index (χ2v) is 12.7. The van der Waals surface area contributed by atoms with Crippen LogP contribution in [0, 0.1) is 0 Å². The summed E-state index contributed by atoms with van der Waals surface area (Å²) < 4.78 is 5.39. The SMILES string of the molecule is CC(C)(C)OC(=O)c1sccc1CC(=O)NC1C(=O)N2C(C(=O)O)=C(C(CC(=O)O)Sc3nn[nH]n3)CS[C@@H]12. The number of hydrogen-bond donors (Lipinski definition) is 4. The molecule has 1 fully saturated rings. The Labute approximate surface area is 233 Å². The number of thioether (sulfide) groups is 2. The van der Waals surface area contributed by atoms with E-state index in [4.69, 9.17) is 4.74 Å². The number of β-lactam (4-membered cyclic amide) rings is 1. The minimum Gasteiger partial charge on any atom is -0.481 e. The number of hydrogen-bond acceptors (Lipinski definition) is 12. The standard InChI is InChI=1S/C22H24N6O8S3/c1-22(2,3)36-20(35)16-9(4-5-37-16)6-12(29)23-14-17(32)28-15(19(33)34)10(8-38-18(14)28)11(7-13(30)31)39-21-24-26-27-25-21/h4-5,11,14,18H,6-8H2,1-3H3,(H,23,29)(H,30,31)(H,33,34)(H,24,25,26,27)/t11?,14?,18-/m0/s1. The number of aromatic amines is 1. The molecular weight excluding hydrogens is 572 g/mol. The van der Waals surface area contributed by atoms with Crippen molar-refractivity contribution in [2.45, 2.75) is 61.0 Å². The zero-order valence-corrected chi connectivity index (χ0v) is 23.3. The van der Waals surface area contributed by atoms with Gasteiger partial charge in [0.15, 0.2) is 0 Å². The molecule has 2 aromatic heterocycles. The Bertz CT molecular complexity index is 1340. The van der Waals surface area contributed by atoms with Crippen molar-refractivity contribution in [2.24, 2.45) is 0 Å². The number of carboxylic acids is 2. The van der Waals surface area contributed by atoms with Gasteiger partial charge in [0, 0.05) is 11.0 Å². The topological polar surface area (TPSA) is 205 Å². The number of H-pyrrole nitrogens is 1. The van der Waals surface area contributed by atoms with Crippen LogP contribution in [-0.4, -0.2) is 93.5 Å². The van der Waals surface area contributed by atoms with E-state index in [1.54, 1.807) is 32.2 Å². The molecule has 0 spiro atoms. The predicted molar refractivity (Wildman–Crippen MR) is 139 cm³/mol. The van der Waals surface area contributed by atoms with Gasteiger partial charge in [0.1, 0.15) is 27.6 Å². The van der Waals surface area contributed by atoms with Crippen molar-refractivity contribution in [1.29, 1.82) is 0 Å². The highest BCUT2D eigenvalue weighted by molar-refractivity contribution is 8.01. The summed E-state index contributed by atoms with van der Waals surface area (Å²) >= 11 is 3.28. The third-order valence-electron chi connectivity index (χ3n) is 5.52. The molecule has 0 aliphatic carbocycles. The fourth-order valence-electron chi connectivity index (χ4n) is 3.99. The smallest absolute Gasteiger partial charge is 0.352 e. The summed E-state index contributed by atoms with van der Waals surface area (Å²) in [5.41, 5.74) is -0.335. The largest absolute Gasteiger partial charge is 0.481 e. The summed E-state index contributed by atoms with van der Waals surface area (Å²) in [5, 5.41) is 35.5. The van der Waals surface area contributed by atoms with Crippen molar-refractivity contribution >= 4 is 64.6 Å². The number of thiophene rings is 1. The van der Waals surface area contributed by atoms with Gasteiger partial charge in [-0.1, -0.05) is 11.8 Å². The Balaban J connectivity index is 1.48. The van der Waals surface area contributed by atoms with Gasteiger partial charge in [-0.05, 0) is 48.6 Å².